The van der Waals surface area contributed by atoms with Crippen LogP contribution >= 0.6 is 0 Å². The van der Waals surface area contributed by atoms with E-state index in [1.807, 2.05) is 12.3 Å². The number of H-pyrrole nitrogens is 1. The van der Waals surface area contributed by atoms with Gasteiger partial charge < -0.3 is 14.8 Å². The highest BCUT2D eigenvalue weighted by atomic mass is 19.4. The average molecular weight is 392 g/mol. The summed E-state index contributed by atoms with van der Waals surface area (Å²) in [7, 11) is 1.21. The number of aromatic nitrogens is 4. The van der Waals surface area contributed by atoms with E-state index >= 15 is 0 Å². The number of nitrogens with zero attached hydrogens (tertiary/aromatic N) is 5. The fraction of sp³-hybridized carbons (Fsp3) is 0.444. The molecule has 0 unspecified atom stereocenters. The molecule has 10 heteroatoms. The molecule has 7 nitrogen and oxygen atoms in total. The van der Waals surface area contributed by atoms with Crippen LogP contribution in [0, 0.1) is 5.92 Å². The van der Waals surface area contributed by atoms with Crippen LogP contribution in [-0.4, -0.2) is 63.8 Å². The molecule has 4 heterocycles. The zero-order valence-corrected chi connectivity index (χ0v) is 15.2. The van der Waals surface area contributed by atoms with Crippen molar-refractivity contribution in [3.05, 3.63) is 24.7 Å². The van der Waals surface area contributed by atoms with E-state index in [0.717, 1.165) is 27.0 Å². The predicted octanol–water partition coefficient (Wildman–Crippen LogP) is 2.74. The number of alkyl halides is 3. The number of carbonyl (C=O) groups excluding carboxylic acids is 1. The fourth-order valence-corrected chi connectivity index (χ4v) is 3.82. The van der Waals surface area contributed by atoms with Crippen LogP contribution in [0.2, 0.25) is 0 Å². The Bertz CT molecular complexity index is 1010. The quantitative estimate of drug-likeness (QED) is 0.742. The van der Waals surface area contributed by atoms with Crippen molar-refractivity contribution in [2.45, 2.75) is 19.0 Å². The van der Waals surface area contributed by atoms with Crippen LogP contribution in [0.25, 0.3) is 21.9 Å². The van der Waals surface area contributed by atoms with E-state index in [4.69, 9.17) is 0 Å². The number of anilines is 1. The first kappa shape index (κ1) is 18.5. The van der Waals surface area contributed by atoms with Gasteiger partial charge >= 0.3 is 6.18 Å². The number of amides is 1. The van der Waals surface area contributed by atoms with Gasteiger partial charge in [0.2, 0.25) is 5.91 Å². The maximum absolute atomic E-state index is 12.5. The van der Waals surface area contributed by atoms with Gasteiger partial charge in [-0.15, -0.1) is 5.10 Å². The summed E-state index contributed by atoms with van der Waals surface area (Å²) in [6.07, 6.45) is 1.75. The summed E-state index contributed by atoms with van der Waals surface area (Å²) in [6.45, 7) is -0.0972. The topological polar surface area (TPSA) is 78.0 Å². The van der Waals surface area contributed by atoms with Gasteiger partial charge in [0.05, 0.1) is 18.1 Å². The van der Waals surface area contributed by atoms with Crippen molar-refractivity contribution in [1.82, 2.24) is 25.1 Å². The molecule has 1 N–H and O–H groups in total. The van der Waals surface area contributed by atoms with E-state index < -0.39 is 24.5 Å². The summed E-state index contributed by atoms with van der Waals surface area (Å²) >= 11 is 0. The molecule has 1 aliphatic rings. The van der Waals surface area contributed by atoms with Crippen molar-refractivity contribution < 1.29 is 18.0 Å². The molecule has 0 radical (unpaired) electrons. The standard InChI is InChI=1S/C18H19F3N6O/c1-26(10-18(19,20)21)17(28)11-3-6-27(7-4-11)14-9-24-25-13-8-23-16-12(15(13)14)2-5-22-16/h2,5,8-9,11H,3-4,6-7,10H2,1H3,(H,22,23). The zero-order chi connectivity index (χ0) is 19.9. The molecule has 1 amide bonds. The van der Waals surface area contributed by atoms with Gasteiger partial charge in [0, 0.05) is 43.0 Å². The average Bonchev–Trinajstić information content (AvgIpc) is 3.15. The number of pyridine rings is 1. The van der Waals surface area contributed by atoms with E-state index in [2.05, 4.69) is 25.1 Å². The fourth-order valence-electron chi connectivity index (χ4n) is 3.82. The Morgan fingerprint density at radius 3 is 2.79 bits per heavy atom. The zero-order valence-electron chi connectivity index (χ0n) is 15.2. The van der Waals surface area contributed by atoms with Crippen LogP contribution in [0.5, 0.6) is 0 Å². The van der Waals surface area contributed by atoms with Gasteiger partial charge in [-0.1, -0.05) is 0 Å². The second kappa shape index (κ2) is 6.92. The minimum Gasteiger partial charge on any atom is -0.370 e. The van der Waals surface area contributed by atoms with E-state index in [0.29, 0.717) is 31.4 Å². The lowest BCUT2D eigenvalue weighted by Crippen LogP contribution is -2.44. The highest BCUT2D eigenvalue weighted by molar-refractivity contribution is 6.09. The molecule has 0 aliphatic carbocycles. The van der Waals surface area contributed by atoms with Gasteiger partial charge in [-0.2, -0.15) is 18.3 Å². The SMILES string of the molecule is CN(CC(F)(F)F)C(=O)C1CCN(c2cnnc3cnc4[nH]ccc4c23)CC1. The lowest BCUT2D eigenvalue weighted by atomic mass is 9.94. The Balaban J connectivity index is 1.53. The molecule has 0 atom stereocenters. The van der Waals surface area contributed by atoms with Gasteiger partial charge in [-0.25, -0.2) is 4.98 Å². The number of hydrogen-bond acceptors (Lipinski definition) is 5. The molecule has 148 valence electrons. The number of aromatic amines is 1. The second-order valence-corrected chi connectivity index (χ2v) is 7.06. The highest BCUT2D eigenvalue weighted by Crippen LogP contribution is 2.33. The van der Waals surface area contributed by atoms with E-state index in [9.17, 15) is 18.0 Å². The molecule has 28 heavy (non-hydrogen) atoms. The number of halogens is 3. The maximum Gasteiger partial charge on any atom is 0.406 e. The molecule has 3 aromatic heterocycles. The first-order valence-electron chi connectivity index (χ1n) is 8.97. The molecular weight excluding hydrogens is 373 g/mol. The van der Waals surface area contributed by atoms with Crippen LogP contribution in [0.15, 0.2) is 24.7 Å². The smallest absolute Gasteiger partial charge is 0.370 e. The molecular formula is C18H19F3N6O. The number of hydrogen-bond donors (Lipinski definition) is 1. The first-order valence-corrected chi connectivity index (χ1v) is 8.97. The molecule has 1 fully saturated rings. The number of rotatable bonds is 3. The number of carbonyl (C=O) groups is 1. The van der Waals surface area contributed by atoms with Crippen LogP contribution in [0.1, 0.15) is 12.8 Å². The van der Waals surface area contributed by atoms with Crippen molar-refractivity contribution in [2.24, 2.45) is 5.92 Å². The summed E-state index contributed by atoms with van der Waals surface area (Å²) in [6, 6.07) is 1.93. The third-order valence-corrected chi connectivity index (χ3v) is 5.15. The summed E-state index contributed by atoms with van der Waals surface area (Å²) in [4.78, 5) is 22.6. The molecule has 1 aliphatic heterocycles. The van der Waals surface area contributed by atoms with Gasteiger partial charge in [0.15, 0.2) is 0 Å². The van der Waals surface area contributed by atoms with Gasteiger partial charge in [-0.05, 0) is 18.9 Å². The Hall–Kier alpha value is -2.91. The number of piperidine rings is 1. The lowest BCUT2D eigenvalue weighted by Gasteiger charge is -2.35. The van der Waals surface area contributed by atoms with Crippen molar-refractivity contribution in [3.63, 3.8) is 0 Å². The third-order valence-electron chi connectivity index (χ3n) is 5.15. The largest absolute Gasteiger partial charge is 0.406 e. The minimum atomic E-state index is -4.39. The Kier molecular flexibility index (Phi) is 4.56. The van der Waals surface area contributed by atoms with Gasteiger partial charge in [0.1, 0.15) is 17.7 Å². The van der Waals surface area contributed by atoms with Crippen LogP contribution < -0.4 is 4.90 Å². The monoisotopic (exact) mass is 392 g/mol. The van der Waals surface area contributed by atoms with Crippen molar-refractivity contribution in [1.29, 1.82) is 0 Å². The van der Waals surface area contributed by atoms with Gasteiger partial charge in [-0.3, -0.25) is 4.79 Å². The van der Waals surface area contributed by atoms with Crippen molar-refractivity contribution in [2.75, 3.05) is 31.6 Å². The highest BCUT2D eigenvalue weighted by Gasteiger charge is 2.35. The molecule has 0 bridgehead atoms. The lowest BCUT2D eigenvalue weighted by molar-refractivity contribution is -0.161. The molecule has 0 spiro atoms. The van der Waals surface area contributed by atoms with Crippen LogP contribution in [0.3, 0.4) is 0 Å². The third kappa shape index (κ3) is 3.46. The first-order chi connectivity index (χ1) is 13.3. The van der Waals surface area contributed by atoms with Crippen molar-refractivity contribution in [3.8, 4) is 0 Å². The Labute approximate surface area is 158 Å². The Morgan fingerprint density at radius 1 is 1.32 bits per heavy atom. The number of fused-ring (bicyclic) bond motifs is 3. The summed E-state index contributed by atoms with van der Waals surface area (Å²) in [5.74, 6) is -0.856. The second-order valence-electron chi connectivity index (χ2n) is 7.06. The summed E-state index contributed by atoms with van der Waals surface area (Å²) < 4.78 is 37.6. The Morgan fingerprint density at radius 2 is 2.07 bits per heavy atom. The van der Waals surface area contributed by atoms with E-state index in [1.54, 1.807) is 12.4 Å². The maximum atomic E-state index is 12.5. The van der Waals surface area contributed by atoms with Crippen molar-refractivity contribution >= 4 is 33.5 Å². The molecule has 0 saturated carbocycles. The van der Waals surface area contributed by atoms with E-state index in [1.165, 1.54) is 7.05 Å². The molecule has 0 aromatic carbocycles. The normalized spacial score (nSPS) is 16.1. The summed E-state index contributed by atoms with van der Waals surface area (Å²) in [5, 5.41) is 10.1. The van der Waals surface area contributed by atoms with Crippen LogP contribution in [0.4, 0.5) is 18.9 Å². The predicted molar refractivity (Wildman–Crippen MR) is 97.8 cm³/mol. The molecule has 4 rings (SSSR count). The van der Waals surface area contributed by atoms with Gasteiger partial charge in [0.25, 0.3) is 0 Å². The number of nitrogens with one attached hydrogen (secondary N) is 1. The molecule has 3 aromatic rings. The minimum absolute atomic E-state index is 0.404. The summed E-state index contributed by atoms with van der Waals surface area (Å²) in [5.41, 5.74) is 2.32. The molecule has 1 saturated heterocycles. The van der Waals surface area contributed by atoms with E-state index in [-0.39, 0.29) is 0 Å². The van der Waals surface area contributed by atoms with Crippen LogP contribution in [-0.2, 0) is 4.79 Å².